The largest absolute Gasteiger partial charge is 0.320 e. The molecular formula is C21H23N7OS2. The highest BCUT2D eigenvalue weighted by molar-refractivity contribution is 8.00. The van der Waals surface area contributed by atoms with Crippen LogP contribution in [-0.4, -0.2) is 41.1 Å². The monoisotopic (exact) mass is 453 g/mol. The molecule has 3 aromatic heterocycles. The van der Waals surface area contributed by atoms with Gasteiger partial charge in [0.25, 0.3) is 0 Å². The third kappa shape index (κ3) is 4.31. The van der Waals surface area contributed by atoms with Gasteiger partial charge >= 0.3 is 0 Å². The lowest BCUT2D eigenvalue weighted by Gasteiger charge is -2.12. The maximum atomic E-state index is 12.8. The number of carbonyl (C=O) groups excluding carboxylic acids is 1. The van der Waals surface area contributed by atoms with E-state index in [1.807, 2.05) is 51.1 Å². The highest BCUT2D eigenvalue weighted by atomic mass is 32.2. The molecule has 0 fully saturated rings. The van der Waals surface area contributed by atoms with Gasteiger partial charge in [-0.2, -0.15) is 0 Å². The van der Waals surface area contributed by atoms with Gasteiger partial charge in [0, 0.05) is 17.8 Å². The second-order valence-electron chi connectivity index (χ2n) is 7.29. The maximum Gasteiger partial charge on any atom is 0.239 e. The fourth-order valence-corrected chi connectivity index (χ4v) is 4.77. The Morgan fingerprint density at radius 2 is 2.06 bits per heavy atom. The van der Waals surface area contributed by atoms with Crippen molar-refractivity contribution in [3.63, 3.8) is 0 Å². The highest BCUT2D eigenvalue weighted by Crippen LogP contribution is 2.30. The summed E-state index contributed by atoms with van der Waals surface area (Å²) in [6.45, 7) is 10.5. The Morgan fingerprint density at radius 1 is 1.26 bits per heavy atom. The van der Waals surface area contributed by atoms with Crippen LogP contribution in [0, 0.1) is 0 Å². The predicted molar refractivity (Wildman–Crippen MR) is 126 cm³/mol. The van der Waals surface area contributed by atoms with Crippen LogP contribution in [0.25, 0.3) is 22.1 Å². The van der Waals surface area contributed by atoms with E-state index in [2.05, 4.69) is 36.9 Å². The molecule has 160 valence electrons. The van der Waals surface area contributed by atoms with E-state index in [0.717, 1.165) is 27.1 Å². The first kappa shape index (κ1) is 21.4. The van der Waals surface area contributed by atoms with Crippen molar-refractivity contribution in [2.24, 2.45) is 0 Å². The summed E-state index contributed by atoms with van der Waals surface area (Å²) < 4.78 is 2.06. The number of hydrogen-bond acceptors (Lipinski definition) is 8. The lowest BCUT2D eigenvalue weighted by atomic mass is 10.2. The molecule has 1 N–H and O–H groups in total. The summed E-state index contributed by atoms with van der Waals surface area (Å²) in [4.78, 5) is 17.5. The molecule has 0 bridgehead atoms. The Balaban J connectivity index is 1.60. The van der Waals surface area contributed by atoms with Gasteiger partial charge in [0.2, 0.25) is 16.2 Å². The van der Waals surface area contributed by atoms with Gasteiger partial charge in [-0.3, -0.25) is 10.1 Å². The van der Waals surface area contributed by atoms with Crippen LogP contribution in [0.2, 0.25) is 0 Å². The average molecular weight is 454 g/mol. The zero-order valence-corrected chi connectivity index (χ0v) is 19.2. The second-order valence-corrected chi connectivity index (χ2v) is 9.47. The first-order valence-electron chi connectivity index (χ1n) is 10.0. The average Bonchev–Trinajstić information content (AvgIpc) is 3.35. The number of amides is 1. The summed E-state index contributed by atoms with van der Waals surface area (Å²) in [6.07, 6.45) is 2.44. The first-order valence-corrected chi connectivity index (χ1v) is 11.7. The van der Waals surface area contributed by atoms with E-state index in [-0.39, 0.29) is 17.1 Å². The van der Waals surface area contributed by atoms with Gasteiger partial charge in [0.15, 0.2) is 5.65 Å². The SMILES string of the molecule is C=CCn1c2ccccc2c2nnc(S[C@@H](CC)C(=O)Nc3nnc(C(C)C)s3)nc21. The minimum atomic E-state index is -0.372. The van der Waals surface area contributed by atoms with Crippen LogP contribution in [0.4, 0.5) is 5.13 Å². The quantitative estimate of drug-likeness (QED) is 0.306. The number of thioether (sulfide) groups is 1. The summed E-state index contributed by atoms with van der Waals surface area (Å²) in [5.74, 6) is 0.127. The molecule has 1 amide bonds. The molecule has 0 aliphatic heterocycles. The molecule has 0 aliphatic rings. The molecule has 0 aliphatic carbocycles. The van der Waals surface area contributed by atoms with Gasteiger partial charge in [-0.05, 0) is 12.5 Å². The third-order valence-electron chi connectivity index (χ3n) is 4.74. The Kier molecular flexibility index (Phi) is 6.28. The van der Waals surface area contributed by atoms with Crippen LogP contribution in [0.15, 0.2) is 42.1 Å². The Morgan fingerprint density at radius 3 is 2.77 bits per heavy atom. The lowest BCUT2D eigenvalue weighted by molar-refractivity contribution is -0.115. The van der Waals surface area contributed by atoms with Crippen LogP contribution in [0.3, 0.4) is 0 Å². The minimum absolute atomic E-state index is 0.144. The zero-order chi connectivity index (χ0) is 22.0. The molecule has 1 aromatic carbocycles. The van der Waals surface area contributed by atoms with Crippen molar-refractivity contribution < 1.29 is 4.79 Å². The van der Waals surface area contributed by atoms with Crippen LogP contribution in [0.5, 0.6) is 0 Å². The van der Waals surface area contributed by atoms with Crippen molar-refractivity contribution in [1.29, 1.82) is 0 Å². The standard InChI is InChI=1S/C21H23N7OS2/c1-5-11-28-14-10-8-7-9-13(14)16-17(28)22-20(26-24-16)30-15(6-2)18(29)23-21-27-25-19(31-21)12(3)4/h5,7-10,12,15H,1,6,11H2,2-4H3,(H,23,27,29)/t15-/m0/s1. The summed E-state index contributed by atoms with van der Waals surface area (Å²) in [5.41, 5.74) is 2.51. The number of anilines is 1. The van der Waals surface area contributed by atoms with Gasteiger partial charge in [-0.15, -0.1) is 27.0 Å². The van der Waals surface area contributed by atoms with Crippen LogP contribution in [0.1, 0.15) is 38.1 Å². The topological polar surface area (TPSA) is 98.5 Å². The molecule has 1 atom stereocenters. The van der Waals surface area contributed by atoms with E-state index in [1.54, 1.807) is 0 Å². The molecule has 0 saturated heterocycles. The molecule has 0 spiro atoms. The predicted octanol–water partition coefficient (Wildman–Crippen LogP) is 4.65. The van der Waals surface area contributed by atoms with Crippen molar-refractivity contribution in [1.82, 2.24) is 29.9 Å². The molecule has 10 heteroatoms. The number of fused-ring (bicyclic) bond motifs is 3. The van der Waals surface area contributed by atoms with Crippen molar-refractivity contribution >= 4 is 56.2 Å². The van der Waals surface area contributed by atoms with Gasteiger partial charge in [-0.25, -0.2) is 4.98 Å². The van der Waals surface area contributed by atoms with Crippen molar-refractivity contribution in [2.45, 2.75) is 50.1 Å². The van der Waals surface area contributed by atoms with Crippen LogP contribution >= 0.6 is 23.1 Å². The molecule has 8 nitrogen and oxygen atoms in total. The Hall–Kier alpha value is -2.85. The van der Waals surface area contributed by atoms with Crippen molar-refractivity contribution in [3.05, 3.63) is 41.9 Å². The van der Waals surface area contributed by atoms with E-state index < -0.39 is 0 Å². The fraction of sp³-hybridized carbons (Fsp3) is 0.333. The van der Waals surface area contributed by atoms with Gasteiger partial charge < -0.3 is 4.57 Å². The zero-order valence-electron chi connectivity index (χ0n) is 17.6. The third-order valence-corrected chi connectivity index (χ3v) is 7.10. The number of rotatable bonds is 8. The van der Waals surface area contributed by atoms with Crippen LogP contribution < -0.4 is 5.32 Å². The van der Waals surface area contributed by atoms with Gasteiger partial charge in [-0.1, -0.05) is 68.1 Å². The molecule has 3 heterocycles. The summed E-state index contributed by atoms with van der Waals surface area (Å²) in [7, 11) is 0. The molecule has 4 aromatic rings. The van der Waals surface area contributed by atoms with Gasteiger partial charge in [0.05, 0.1) is 10.8 Å². The number of hydrogen-bond donors (Lipinski definition) is 1. The van der Waals surface area contributed by atoms with E-state index in [4.69, 9.17) is 4.98 Å². The summed E-state index contributed by atoms with van der Waals surface area (Å²) in [5, 5.41) is 22.3. The first-order chi connectivity index (χ1) is 15.0. The van der Waals surface area contributed by atoms with E-state index in [0.29, 0.717) is 23.3 Å². The number of nitrogens with one attached hydrogen (secondary N) is 1. The number of carbonyl (C=O) groups is 1. The number of aromatic nitrogens is 6. The number of benzene rings is 1. The molecule has 0 saturated carbocycles. The summed E-state index contributed by atoms with van der Waals surface area (Å²) in [6, 6.07) is 8.00. The normalized spacial score (nSPS) is 12.5. The maximum absolute atomic E-state index is 12.8. The molecule has 0 unspecified atom stereocenters. The fourth-order valence-electron chi connectivity index (χ4n) is 3.21. The second kappa shape index (κ2) is 9.11. The van der Waals surface area contributed by atoms with Crippen LogP contribution in [-0.2, 0) is 11.3 Å². The highest BCUT2D eigenvalue weighted by Gasteiger charge is 2.23. The lowest BCUT2D eigenvalue weighted by Crippen LogP contribution is -2.24. The molecule has 31 heavy (non-hydrogen) atoms. The Labute approximate surface area is 188 Å². The Bertz CT molecular complexity index is 1250. The smallest absolute Gasteiger partial charge is 0.239 e. The molecular weight excluding hydrogens is 430 g/mol. The summed E-state index contributed by atoms with van der Waals surface area (Å²) >= 11 is 2.70. The van der Waals surface area contributed by atoms with Crippen molar-refractivity contribution in [3.8, 4) is 0 Å². The van der Waals surface area contributed by atoms with E-state index in [1.165, 1.54) is 23.1 Å². The van der Waals surface area contributed by atoms with E-state index in [9.17, 15) is 4.79 Å². The van der Waals surface area contributed by atoms with Crippen molar-refractivity contribution in [2.75, 3.05) is 5.32 Å². The minimum Gasteiger partial charge on any atom is -0.320 e. The number of allylic oxidation sites excluding steroid dienone is 1. The van der Waals surface area contributed by atoms with E-state index >= 15 is 0 Å². The molecule has 4 rings (SSSR count). The van der Waals surface area contributed by atoms with Gasteiger partial charge in [0.1, 0.15) is 10.5 Å². The number of nitrogens with zero attached hydrogens (tertiary/aromatic N) is 6. The number of para-hydroxylation sites is 1. The molecule has 0 radical (unpaired) electrons.